The molecule has 1 N–H and O–H groups in total. The van der Waals surface area contributed by atoms with Crippen LogP contribution in [0.5, 0.6) is 0 Å². The third-order valence-electron chi connectivity index (χ3n) is 10.4. The normalized spacial score (nSPS) is 42.3. The van der Waals surface area contributed by atoms with Crippen LogP contribution in [-0.4, -0.2) is 120 Å². The number of amides is 1. The number of aliphatic hydroxyl groups is 1. The highest BCUT2D eigenvalue weighted by molar-refractivity contribution is 6.00. The van der Waals surface area contributed by atoms with Gasteiger partial charge in [0.25, 0.3) is 0 Å². The number of rotatable bonds is 7. The molecule has 0 saturated carbocycles. The zero-order valence-electron chi connectivity index (χ0n) is 29.5. The fourth-order valence-electron chi connectivity index (χ4n) is 7.72. The summed E-state index contributed by atoms with van der Waals surface area (Å²) in [4.78, 5) is 61.0. The largest absolute Gasteiger partial charge is 0.458 e. The van der Waals surface area contributed by atoms with Crippen molar-refractivity contribution < 1.29 is 48.0 Å². The summed E-state index contributed by atoms with van der Waals surface area (Å²) >= 11 is 0. The van der Waals surface area contributed by atoms with Crippen LogP contribution in [0.4, 0.5) is 4.79 Å². The van der Waals surface area contributed by atoms with Crippen LogP contribution in [-0.2, 0) is 38.1 Å². The van der Waals surface area contributed by atoms with Gasteiger partial charge in [0.15, 0.2) is 17.7 Å². The molecule has 266 valence electrons. The Kier molecular flexibility index (Phi) is 12.5. The van der Waals surface area contributed by atoms with Gasteiger partial charge < -0.3 is 33.7 Å². The number of hydrogen-bond acceptors (Lipinski definition) is 12. The molecule has 15 heteroatoms. The zero-order chi connectivity index (χ0) is 35.6. The molecule has 0 bridgehead atoms. The highest BCUT2D eigenvalue weighted by atomic mass is 16.7. The maximum absolute atomic E-state index is 14.3. The lowest BCUT2D eigenvalue weighted by molar-refractivity contribution is -0.295. The molecule has 3 fully saturated rings. The Morgan fingerprint density at radius 2 is 1.72 bits per heavy atom. The molecule has 3 aliphatic rings. The number of nitrogens with zero attached hydrogens (tertiary/aromatic N) is 5. The summed E-state index contributed by atoms with van der Waals surface area (Å²) in [6.07, 6.45) is -4.55. The molecule has 13 atom stereocenters. The van der Waals surface area contributed by atoms with Crippen molar-refractivity contribution in [3.05, 3.63) is 10.4 Å². The molecule has 4 unspecified atom stereocenters. The number of esters is 1. The predicted molar refractivity (Wildman–Crippen MR) is 169 cm³/mol. The smallest absolute Gasteiger partial charge is 0.411 e. The number of ether oxygens (including phenoxy) is 5. The lowest BCUT2D eigenvalue weighted by atomic mass is 9.73. The van der Waals surface area contributed by atoms with Crippen LogP contribution in [0.1, 0.15) is 74.7 Å². The molecule has 3 aliphatic heterocycles. The standard InChI is InChI=1S/C32H53N5O10/c1-12-22-32(8)26(37(15-34-35-33)30(42)47-32)18(4)23(38)16(2)14-31(7,43-11)27(19(5)24(39)20(6)28(41)45-22)46-29-25(40)21(36(9)10)13-17(3)44-29/h16-22,25-27,29,40H,12-15H2,1-11H3/t16-,17?,18+,19+,20-,21?,22-,25?,26-,27-,29?,31+,32-/m1/s1. The molecule has 0 aromatic rings. The van der Waals surface area contributed by atoms with Gasteiger partial charge in [-0.3, -0.25) is 19.3 Å². The van der Waals surface area contributed by atoms with E-state index in [1.807, 2.05) is 25.9 Å². The van der Waals surface area contributed by atoms with E-state index in [9.17, 15) is 24.3 Å². The first kappa shape index (κ1) is 38.6. The second-order valence-corrected chi connectivity index (χ2v) is 14.0. The van der Waals surface area contributed by atoms with Crippen molar-refractivity contribution in [3.63, 3.8) is 0 Å². The van der Waals surface area contributed by atoms with Crippen molar-refractivity contribution >= 4 is 23.6 Å². The molecule has 0 spiro atoms. The first-order valence-electron chi connectivity index (χ1n) is 16.4. The van der Waals surface area contributed by atoms with E-state index in [2.05, 4.69) is 10.0 Å². The lowest BCUT2D eigenvalue weighted by Crippen LogP contribution is -2.60. The molecule has 1 amide bonds. The van der Waals surface area contributed by atoms with Crippen molar-refractivity contribution in [2.75, 3.05) is 27.9 Å². The average molecular weight is 668 g/mol. The molecule has 0 radical (unpaired) electrons. The molecule has 0 aromatic heterocycles. The summed E-state index contributed by atoms with van der Waals surface area (Å²) in [5, 5.41) is 14.9. The summed E-state index contributed by atoms with van der Waals surface area (Å²) in [6, 6.07) is -1.26. The zero-order valence-corrected chi connectivity index (χ0v) is 29.5. The Balaban J connectivity index is 2.15. The van der Waals surface area contributed by atoms with Crippen LogP contribution < -0.4 is 0 Å². The molecule has 3 saturated heterocycles. The van der Waals surface area contributed by atoms with Crippen molar-refractivity contribution in [3.8, 4) is 0 Å². The molecule has 3 heterocycles. The van der Waals surface area contributed by atoms with Gasteiger partial charge in [0.2, 0.25) is 0 Å². The van der Waals surface area contributed by atoms with Crippen LogP contribution in [0.25, 0.3) is 10.4 Å². The van der Waals surface area contributed by atoms with Crippen molar-refractivity contribution in [2.45, 2.75) is 129 Å². The van der Waals surface area contributed by atoms with E-state index in [0.717, 1.165) is 0 Å². The van der Waals surface area contributed by atoms with E-state index in [4.69, 9.17) is 29.2 Å². The van der Waals surface area contributed by atoms with E-state index in [0.29, 0.717) is 6.42 Å². The number of likely N-dealkylation sites (N-methyl/N-ethyl adjacent to an activating group) is 1. The number of hydrogen-bond donors (Lipinski definition) is 1. The minimum atomic E-state index is -1.51. The van der Waals surface area contributed by atoms with E-state index >= 15 is 0 Å². The number of aliphatic hydroxyl groups excluding tert-OH is 1. The number of carbonyl (C=O) groups is 4. The van der Waals surface area contributed by atoms with Gasteiger partial charge >= 0.3 is 12.1 Å². The van der Waals surface area contributed by atoms with Crippen LogP contribution in [0.15, 0.2) is 5.11 Å². The predicted octanol–water partition coefficient (Wildman–Crippen LogP) is 3.46. The van der Waals surface area contributed by atoms with E-state index in [1.165, 1.54) is 18.9 Å². The third-order valence-corrected chi connectivity index (χ3v) is 10.4. The van der Waals surface area contributed by atoms with Crippen molar-refractivity contribution in [1.82, 2.24) is 9.80 Å². The van der Waals surface area contributed by atoms with Gasteiger partial charge in [-0.05, 0) is 66.6 Å². The molecular weight excluding hydrogens is 614 g/mol. The molecule has 0 aromatic carbocycles. The summed E-state index contributed by atoms with van der Waals surface area (Å²) in [5.41, 5.74) is 6.20. The van der Waals surface area contributed by atoms with Gasteiger partial charge in [-0.2, -0.15) is 0 Å². The van der Waals surface area contributed by atoms with Gasteiger partial charge in [-0.25, -0.2) is 4.79 Å². The molecular formula is C32H53N5O10. The number of fused-ring (bicyclic) bond motifs is 1. The van der Waals surface area contributed by atoms with Gasteiger partial charge in [0.1, 0.15) is 30.6 Å². The first-order valence-corrected chi connectivity index (χ1v) is 16.4. The van der Waals surface area contributed by atoms with E-state index in [1.54, 1.807) is 41.5 Å². The quantitative estimate of drug-likeness (QED) is 0.138. The number of ketones is 2. The second kappa shape index (κ2) is 15.2. The number of carbonyl (C=O) groups excluding carboxylic acids is 4. The van der Waals surface area contributed by atoms with Gasteiger partial charge in [-0.15, -0.1) is 0 Å². The Hall–Kier alpha value is -2.81. The molecule has 3 rings (SSSR count). The van der Waals surface area contributed by atoms with Crippen molar-refractivity contribution in [1.29, 1.82) is 0 Å². The number of methoxy groups -OCH3 is 1. The average Bonchev–Trinajstić information content (AvgIpc) is 3.28. The third kappa shape index (κ3) is 7.60. The number of Topliss-reactive ketones (excluding diaryl/α,β-unsaturated/α-hetero) is 2. The van der Waals surface area contributed by atoms with Crippen LogP contribution >= 0.6 is 0 Å². The summed E-state index contributed by atoms with van der Waals surface area (Å²) in [7, 11) is 5.15. The fourth-order valence-corrected chi connectivity index (χ4v) is 7.72. The molecule has 47 heavy (non-hydrogen) atoms. The van der Waals surface area contributed by atoms with Crippen LogP contribution in [0.3, 0.4) is 0 Å². The van der Waals surface area contributed by atoms with Crippen LogP contribution in [0.2, 0.25) is 0 Å². The summed E-state index contributed by atoms with van der Waals surface area (Å²) in [5.74, 6) is -5.38. The van der Waals surface area contributed by atoms with E-state index < -0.39 is 90.0 Å². The SMILES string of the molecule is CC[C@H]1OC(=O)[C@H](C)C(=O)[C@H](C)[C@@H](OC2OC(C)CC(N(C)C)C2O)[C@@](C)(OC)C[C@@H](C)C(=O)[C@H](C)[C@H]2N(CN=[N+]=[N-])C(=O)O[C@]12C. The highest BCUT2D eigenvalue weighted by Gasteiger charge is 2.60. The number of cyclic esters (lactones) is 1. The Morgan fingerprint density at radius 1 is 1.09 bits per heavy atom. The fraction of sp³-hybridized carbons (Fsp3) is 0.875. The molecule has 0 aliphatic carbocycles. The van der Waals surface area contributed by atoms with Gasteiger partial charge in [0, 0.05) is 35.8 Å². The summed E-state index contributed by atoms with van der Waals surface area (Å²) in [6.45, 7) is 13.0. The minimum absolute atomic E-state index is 0.0784. The molecule has 15 nitrogen and oxygen atoms in total. The first-order chi connectivity index (χ1) is 21.9. The Bertz CT molecular complexity index is 1230. The van der Waals surface area contributed by atoms with Crippen LogP contribution in [0, 0.1) is 23.7 Å². The second-order valence-electron chi connectivity index (χ2n) is 14.0. The number of azide groups is 1. The Morgan fingerprint density at radius 3 is 2.28 bits per heavy atom. The van der Waals surface area contributed by atoms with Gasteiger partial charge in [0.05, 0.1) is 23.9 Å². The maximum atomic E-state index is 14.3. The highest BCUT2D eigenvalue weighted by Crippen LogP contribution is 2.43. The minimum Gasteiger partial charge on any atom is -0.458 e. The Labute approximate surface area is 277 Å². The topological polar surface area (TPSA) is 190 Å². The van der Waals surface area contributed by atoms with Gasteiger partial charge in [-0.1, -0.05) is 32.8 Å². The lowest BCUT2D eigenvalue weighted by Gasteiger charge is -2.47. The van der Waals surface area contributed by atoms with Crippen molar-refractivity contribution in [2.24, 2.45) is 28.8 Å². The summed E-state index contributed by atoms with van der Waals surface area (Å²) < 4.78 is 30.4. The van der Waals surface area contributed by atoms with E-state index in [-0.39, 0.29) is 30.8 Å². The maximum Gasteiger partial charge on any atom is 0.411 e. The monoisotopic (exact) mass is 667 g/mol.